The van der Waals surface area contributed by atoms with Crippen LogP contribution in [0.4, 0.5) is 5.69 Å². The maximum atomic E-state index is 11.5. The number of aliphatic hydroxyl groups excluding tert-OH is 1. The van der Waals surface area contributed by atoms with Crippen LogP contribution < -0.4 is 9.47 Å². The summed E-state index contributed by atoms with van der Waals surface area (Å²) in [6.07, 6.45) is 0. The Kier molecular flexibility index (Phi) is 6.03. The second-order valence-electron chi connectivity index (χ2n) is 8.46. The van der Waals surface area contributed by atoms with Crippen molar-refractivity contribution in [2.24, 2.45) is 5.41 Å². The third-order valence-corrected chi connectivity index (χ3v) is 4.62. The molecule has 1 aliphatic heterocycles. The molecule has 1 fully saturated rings. The Balaban J connectivity index is 2.34. The molecule has 0 saturated carbocycles. The second kappa shape index (κ2) is 7.61. The van der Waals surface area contributed by atoms with Crippen molar-refractivity contribution >= 4 is 5.69 Å². The molecule has 8 heteroatoms. The standard InChI is InChI=1S/C19H29NO7/c1-17(2,3)13-7-14(20(22)23)16(24-6)15(8-13)25-10-19(9-21)11-26-18(4,5)27-12-19/h7-8,21H,9-12H2,1-6H3. The first-order valence-electron chi connectivity index (χ1n) is 8.81. The summed E-state index contributed by atoms with van der Waals surface area (Å²) in [5.41, 5.74) is -0.478. The predicted molar refractivity (Wildman–Crippen MR) is 99.3 cm³/mol. The summed E-state index contributed by atoms with van der Waals surface area (Å²) in [7, 11) is 1.36. The maximum absolute atomic E-state index is 11.5. The van der Waals surface area contributed by atoms with Crippen molar-refractivity contribution < 1.29 is 29.0 Å². The number of benzene rings is 1. The highest BCUT2D eigenvalue weighted by Crippen LogP contribution is 2.42. The Morgan fingerprint density at radius 2 is 1.85 bits per heavy atom. The zero-order chi connectivity index (χ0) is 20.5. The van der Waals surface area contributed by atoms with Crippen molar-refractivity contribution in [1.29, 1.82) is 0 Å². The highest BCUT2D eigenvalue weighted by atomic mass is 16.7. The first-order chi connectivity index (χ1) is 12.4. The van der Waals surface area contributed by atoms with Gasteiger partial charge in [0.2, 0.25) is 5.75 Å². The maximum Gasteiger partial charge on any atom is 0.315 e. The Morgan fingerprint density at radius 3 is 2.30 bits per heavy atom. The van der Waals surface area contributed by atoms with Crippen LogP contribution in [0.1, 0.15) is 40.2 Å². The summed E-state index contributed by atoms with van der Waals surface area (Å²) in [6, 6.07) is 3.24. The molecule has 1 aromatic carbocycles. The zero-order valence-corrected chi connectivity index (χ0v) is 16.8. The van der Waals surface area contributed by atoms with Gasteiger partial charge in [0, 0.05) is 6.07 Å². The summed E-state index contributed by atoms with van der Waals surface area (Å²) in [5.74, 6) is -0.408. The van der Waals surface area contributed by atoms with E-state index in [2.05, 4.69) is 0 Å². The zero-order valence-electron chi connectivity index (χ0n) is 16.8. The van der Waals surface area contributed by atoms with Crippen molar-refractivity contribution in [2.45, 2.75) is 45.8 Å². The Hall–Kier alpha value is -1.90. The molecular formula is C19H29NO7. The third-order valence-electron chi connectivity index (χ3n) is 4.62. The van der Waals surface area contributed by atoms with E-state index in [0.717, 1.165) is 5.56 Å². The van der Waals surface area contributed by atoms with Gasteiger partial charge in [-0.3, -0.25) is 10.1 Å². The monoisotopic (exact) mass is 383 g/mol. The van der Waals surface area contributed by atoms with Gasteiger partial charge in [0.05, 0.1) is 37.3 Å². The molecule has 1 N–H and O–H groups in total. The SMILES string of the molecule is COc1c(OCC2(CO)COC(C)(C)OC2)cc(C(C)(C)C)cc1[N+](=O)[O-]. The smallest absolute Gasteiger partial charge is 0.315 e. The van der Waals surface area contributed by atoms with Gasteiger partial charge in [0.15, 0.2) is 11.5 Å². The van der Waals surface area contributed by atoms with Crippen LogP contribution in [0.15, 0.2) is 12.1 Å². The van der Waals surface area contributed by atoms with Crippen LogP contribution in [0.3, 0.4) is 0 Å². The topological polar surface area (TPSA) is 100 Å². The minimum atomic E-state index is -0.757. The van der Waals surface area contributed by atoms with E-state index in [9.17, 15) is 15.2 Å². The number of aliphatic hydroxyl groups is 1. The molecule has 1 aromatic rings. The fourth-order valence-corrected chi connectivity index (χ4v) is 2.66. The molecule has 152 valence electrons. The summed E-state index contributed by atoms with van der Waals surface area (Å²) >= 11 is 0. The molecule has 0 spiro atoms. The molecule has 0 aliphatic carbocycles. The Labute approximate surface area is 159 Å². The van der Waals surface area contributed by atoms with E-state index in [-0.39, 0.29) is 49.0 Å². The lowest BCUT2D eigenvalue weighted by molar-refractivity contribution is -0.385. The van der Waals surface area contributed by atoms with Crippen LogP contribution >= 0.6 is 0 Å². The summed E-state index contributed by atoms with van der Waals surface area (Å²) in [5, 5.41) is 21.4. The van der Waals surface area contributed by atoms with Crippen LogP contribution in [0.2, 0.25) is 0 Å². The van der Waals surface area contributed by atoms with Gasteiger partial charge in [-0.1, -0.05) is 20.8 Å². The van der Waals surface area contributed by atoms with Crippen molar-refractivity contribution in [2.75, 3.05) is 33.5 Å². The minimum Gasteiger partial charge on any atom is -0.489 e. The highest BCUT2D eigenvalue weighted by molar-refractivity contribution is 5.59. The quantitative estimate of drug-likeness (QED) is 0.595. The molecule has 0 aromatic heterocycles. The Morgan fingerprint density at radius 1 is 1.26 bits per heavy atom. The van der Waals surface area contributed by atoms with E-state index in [1.54, 1.807) is 19.9 Å². The van der Waals surface area contributed by atoms with Gasteiger partial charge in [-0.15, -0.1) is 0 Å². The van der Waals surface area contributed by atoms with Crippen molar-refractivity contribution in [1.82, 2.24) is 0 Å². The predicted octanol–water partition coefficient (Wildman–Crippen LogP) is 3.04. The lowest BCUT2D eigenvalue weighted by Gasteiger charge is -2.42. The largest absolute Gasteiger partial charge is 0.489 e. The summed E-state index contributed by atoms with van der Waals surface area (Å²) in [4.78, 5) is 11.0. The van der Waals surface area contributed by atoms with Crippen LogP contribution in [0, 0.1) is 15.5 Å². The first kappa shape index (κ1) is 21.4. The Bertz CT molecular complexity index is 684. The van der Waals surface area contributed by atoms with E-state index in [0.29, 0.717) is 0 Å². The molecule has 2 rings (SSSR count). The number of ether oxygens (including phenoxy) is 4. The molecule has 1 aliphatic rings. The molecule has 0 bridgehead atoms. The van der Waals surface area contributed by atoms with Crippen LogP contribution in [0.25, 0.3) is 0 Å². The van der Waals surface area contributed by atoms with E-state index in [1.807, 2.05) is 20.8 Å². The normalized spacial score (nSPS) is 18.8. The van der Waals surface area contributed by atoms with E-state index in [4.69, 9.17) is 18.9 Å². The average Bonchev–Trinajstić information content (AvgIpc) is 2.59. The first-order valence-corrected chi connectivity index (χ1v) is 8.81. The van der Waals surface area contributed by atoms with Gasteiger partial charge in [-0.2, -0.15) is 0 Å². The van der Waals surface area contributed by atoms with Crippen LogP contribution in [-0.4, -0.2) is 49.4 Å². The lowest BCUT2D eigenvalue weighted by Crippen LogP contribution is -2.51. The molecule has 27 heavy (non-hydrogen) atoms. The highest BCUT2D eigenvalue weighted by Gasteiger charge is 2.41. The van der Waals surface area contributed by atoms with E-state index in [1.165, 1.54) is 13.2 Å². The molecule has 0 radical (unpaired) electrons. The van der Waals surface area contributed by atoms with Gasteiger partial charge in [0.1, 0.15) is 6.61 Å². The molecule has 0 amide bonds. The average molecular weight is 383 g/mol. The third kappa shape index (κ3) is 4.88. The number of rotatable bonds is 6. The second-order valence-corrected chi connectivity index (χ2v) is 8.46. The van der Waals surface area contributed by atoms with Crippen molar-refractivity contribution in [3.8, 4) is 11.5 Å². The van der Waals surface area contributed by atoms with Gasteiger partial charge < -0.3 is 24.1 Å². The van der Waals surface area contributed by atoms with Crippen molar-refractivity contribution in [3.05, 3.63) is 27.8 Å². The number of hydrogen-bond donors (Lipinski definition) is 1. The molecule has 0 unspecified atom stereocenters. The van der Waals surface area contributed by atoms with Gasteiger partial charge in [0.25, 0.3) is 0 Å². The van der Waals surface area contributed by atoms with E-state index >= 15 is 0 Å². The van der Waals surface area contributed by atoms with Crippen LogP contribution in [-0.2, 0) is 14.9 Å². The van der Waals surface area contributed by atoms with Gasteiger partial charge in [-0.25, -0.2) is 0 Å². The lowest BCUT2D eigenvalue weighted by atomic mass is 9.86. The number of hydrogen-bond acceptors (Lipinski definition) is 7. The fraction of sp³-hybridized carbons (Fsp3) is 0.684. The number of methoxy groups -OCH3 is 1. The molecule has 8 nitrogen and oxygen atoms in total. The van der Waals surface area contributed by atoms with Gasteiger partial charge in [-0.05, 0) is 30.9 Å². The molecule has 0 atom stereocenters. The number of nitro groups is 1. The molecule has 1 saturated heterocycles. The van der Waals surface area contributed by atoms with E-state index < -0.39 is 16.1 Å². The van der Waals surface area contributed by atoms with Crippen LogP contribution in [0.5, 0.6) is 11.5 Å². The molecular weight excluding hydrogens is 354 g/mol. The van der Waals surface area contributed by atoms with Crippen molar-refractivity contribution in [3.63, 3.8) is 0 Å². The number of nitro benzene ring substituents is 1. The fourth-order valence-electron chi connectivity index (χ4n) is 2.66. The molecule has 1 heterocycles. The summed E-state index contributed by atoms with van der Waals surface area (Å²) in [6.45, 7) is 9.85. The summed E-state index contributed by atoms with van der Waals surface area (Å²) < 4.78 is 22.5. The number of nitrogens with zero attached hydrogens (tertiary/aromatic N) is 1. The van der Waals surface area contributed by atoms with Gasteiger partial charge >= 0.3 is 5.69 Å². The minimum absolute atomic E-state index is 0.0547.